The Morgan fingerprint density at radius 1 is 1.45 bits per heavy atom. The van der Waals surface area contributed by atoms with Crippen LogP contribution in [0.15, 0.2) is 0 Å². The van der Waals surface area contributed by atoms with Gasteiger partial charge in [0.15, 0.2) is 12.4 Å². The third-order valence-electron chi connectivity index (χ3n) is 4.35. The minimum atomic E-state index is 0. The van der Waals surface area contributed by atoms with Gasteiger partial charge in [0.05, 0.1) is 5.69 Å². The highest BCUT2D eigenvalue weighted by Gasteiger charge is 2.29. The maximum absolute atomic E-state index is 12.4. The van der Waals surface area contributed by atoms with E-state index in [1.54, 1.807) is 4.68 Å². The van der Waals surface area contributed by atoms with Crippen LogP contribution in [0.5, 0.6) is 5.75 Å². The second-order valence-electron chi connectivity index (χ2n) is 6.02. The third kappa shape index (κ3) is 3.93. The summed E-state index contributed by atoms with van der Waals surface area (Å²) >= 11 is 0. The molecular formula is C15H27ClN4O2. The highest BCUT2D eigenvalue weighted by Crippen LogP contribution is 2.24. The van der Waals surface area contributed by atoms with Crippen molar-refractivity contribution in [3.05, 3.63) is 11.4 Å². The summed E-state index contributed by atoms with van der Waals surface area (Å²) in [5, 5.41) is 4.29. The monoisotopic (exact) mass is 330 g/mol. The molecule has 1 aromatic heterocycles. The maximum Gasteiger partial charge on any atom is 0.260 e. The van der Waals surface area contributed by atoms with Gasteiger partial charge in [-0.3, -0.25) is 9.48 Å². The van der Waals surface area contributed by atoms with Gasteiger partial charge in [0, 0.05) is 26.2 Å². The second kappa shape index (κ2) is 7.83. The molecule has 7 heteroatoms. The molecule has 0 spiro atoms. The van der Waals surface area contributed by atoms with E-state index in [-0.39, 0.29) is 31.0 Å². The van der Waals surface area contributed by atoms with Crippen molar-refractivity contribution in [1.29, 1.82) is 0 Å². The zero-order valence-electron chi connectivity index (χ0n) is 13.8. The molecule has 1 aliphatic rings. The lowest BCUT2D eigenvalue weighted by Crippen LogP contribution is -2.50. The number of hydrogen-bond acceptors (Lipinski definition) is 4. The lowest BCUT2D eigenvalue weighted by molar-refractivity contribution is -0.137. The molecule has 22 heavy (non-hydrogen) atoms. The molecule has 2 heterocycles. The Labute approximate surface area is 138 Å². The minimum Gasteiger partial charge on any atom is -0.480 e. The molecule has 1 saturated heterocycles. The molecule has 126 valence electrons. The molecular weight excluding hydrogens is 304 g/mol. The summed E-state index contributed by atoms with van der Waals surface area (Å²) < 4.78 is 7.47. The first-order chi connectivity index (χ1) is 9.93. The van der Waals surface area contributed by atoms with E-state index in [2.05, 4.69) is 12.0 Å². The van der Waals surface area contributed by atoms with Gasteiger partial charge in [-0.15, -0.1) is 12.4 Å². The van der Waals surface area contributed by atoms with E-state index in [1.165, 1.54) is 0 Å². The number of piperidine rings is 1. The fourth-order valence-electron chi connectivity index (χ4n) is 2.98. The number of nitrogens with zero attached hydrogens (tertiary/aromatic N) is 3. The van der Waals surface area contributed by atoms with Gasteiger partial charge in [0.2, 0.25) is 0 Å². The Morgan fingerprint density at radius 3 is 2.68 bits per heavy atom. The highest BCUT2D eigenvalue weighted by atomic mass is 35.5. The summed E-state index contributed by atoms with van der Waals surface area (Å²) in [6, 6.07) is 0.140. The topological polar surface area (TPSA) is 73.4 Å². The van der Waals surface area contributed by atoms with Crippen molar-refractivity contribution in [3.63, 3.8) is 0 Å². The van der Waals surface area contributed by atoms with Crippen molar-refractivity contribution in [2.45, 2.75) is 39.7 Å². The van der Waals surface area contributed by atoms with Crippen molar-refractivity contribution in [2.24, 2.45) is 18.7 Å². The number of amides is 1. The van der Waals surface area contributed by atoms with Crippen molar-refractivity contribution < 1.29 is 9.53 Å². The summed E-state index contributed by atoms with van der Waals surface area (Å²) in [5.41, 5.74) is 7.55. The summed E-state index contributed by atoms with van der Waals surface area (Å²) in [6.45, 7) is 7.38. The number of nitrogens with two attached hydrogens (primary N) is 1. The number of halogens is 1. The normalized spacial score (nSPS) is 21.4. The molecule has 0 radical (unpaired) electrons. The maximum atomic E-state index is 12.4. The van der Waals surface area contributed by atoms with Gasteiger partial charge in [-0.2, -0.15) is 5.10 Å². The van der Waals surface area contributed by atoms with E-state index < -0.39 is 0 Å². The molecule has 1 aromatic rings. The first kappa shape index (κ1) is 18.8. The zero-order valence-corrected chi connectivity index (χ0v) is 14.7. The lowest BCUT2D eigenvalue weighted by atomic mass is 9.92. The van der Waals surface area contributed by atoms with Crippen LogP contribution in [0.1, 0.15) is 31.2 Å². The molecule has 0 aromatic carbocycles. The van der Waals surface area contributed by atoms with E-state index >= 15 is 0 Å². The average Bonchev–Trinajstić information content (AvgIpc) is 2.69. The van der Waals surface area contributed by atoms with Gasteiger partial charge >= 0.3 is 0 Å². The number of likely N-dealkylation sites (tertiary alicyclic amines) is 1. The molecule has 0 aliphatic carbocycles. The number of rotatable bonds is 4. The molecule has 1 fully saturated rings. The molecule has 2 atom stereocenters. The Hall–Kier alpha value is -1.27. The molecule has 0 bridgehead atoms. The largest absolute Gasteiger partial charge is 0.480 e. The van der Waals surface area contributed by atoms with E-state index in [9.17, 15) is 4.79 Å². The summed E-state index contributed by atoms with van der Waals surface area (Å²) in [7, 11) is 1.87. The van der Waals surface area contributed by atoms with Gasteiger partial charge in [-0.25, -0.2) is 0 Å². The molecule has 2 N–H and O–H groups in total. The predicted octanol–water partition coefficient (Wildman–Crippen LogP) is 1.42. The smallest absolute Gasteiger partial charge is 0.260 e. The molecule has 0 saturated carbocycles. The van der Waals surface area contributed by atoms with E-state index in [1.807, 2.05) is 25.8 Å². The zero-order chi connectivity index (χ0) is 15.6. The van der Waals surface area contributed by atoms with Crippen LogP contribution < -0.4 is 10.5 Å². The Morgan fingerprint density at radius 2 is 2.14 bits per heavy atom. The van der Waals surface area contributed by atoms with E-state index in [0.29, 0.717) is 18.2 Å². The van der Waals surface area contributed by atoms with Crippen molar-refractivity contribution in [2.75, 3.05) is 19.7 Å². The van der Waals surface area contributed by atoms with Gasteiger partial charge in [-0.05, 0) is 32.6 Å². The number of ether oxygens (including phenoxy) is 1. The molecule has 1 amide bonds. The van der Waals surface area contributed by atoms with Crippen molar-refractivity contribution >= 4 is 18.3 Å². The van der Waals surface area contributed by atoms with Crippen LogP contribution in [0.25, 0.3) is 0 Å². The van der Waals surface area contributed by atoms with Gasteiger partial charge in [0.25, 0.3) is 5.91 Å². The van der Waals surface area contributed by atoms with Crippen LogP contribution in [0, 0.1) is 19.8 Å². The summed E-state index contributed by atoms with van der Waals surface area (Å²) in [4.78, 5) is 14.3. The molecule has 2 unspecified atom stereocenters. The number of hydrogen-bond donors (Lipinski definition) is 1. The summed E-state index contributed by atoms with van der Waals surface area (Å²) in [6.07, 6.45) is 2.01. The number of carbonyl (C=O) groups is 1. The number of aromatic nitrogens is 2. The highest BCUT2D eigenvalue weighted by molar-refractivity contribution is 5.85. The van der Waals surface area contributed by atoms with Crippen molar-refractivity contribution in [1.82, 2.24) is 14.7 Å². The fraction of sp³-hybridized carbons (Fsp3) is 0.733. The third-order valence-corrected chi connectivity index (χ3v) is 4.35. The van der Waals surface area contributed by atoms with E-state index in [0.717, 1.165) is 30.8 Å². The molecule has 2 rings (SSSR count). The first-order valence-electron chi connectivity index (χ1n) is 7.56. The predicted molar refractivity (Wildman–Crippen MR) is 88.4 cm³/mol. The molecule has 6 nitrogen and oxygen atoms in total. The Bertz CT molecular complexity index is 518. The van der Waals surface area contributed by atoms with Crippen LogP contribution in [-0.4, -0.2) is 46.3 Å². The van der Waals surface area contributed by atoms with E-state index in [4.69, 9.17) is 10.5 Å². The standard InChI is InChI=1S/C15H26N4O2.ClH/c1-10-5-6-19(13(7-10)8-16)14(20)9-21-15-11(2)17-18(4)12(15)3;/h10,13H,5-9,16H2,1-4H3;1H. The SMILES string of the molecule is Cc1nn(C)c(C)c1OCC(=O)N1CCC(C)CC1CN.Cl. The fourth-order valence-corrected chi connectivity index (χ4v) is 2.98. The number of aryl methyl sites for hydroxylation is 2. The van der Waals surface area contributed by atoms with Gasteiger partial charge in [-0.1, -0.05) is 6.92 Å². The van der Waals surface area contributed by atoms with Crippen LogP contribution >= 0.6 is 12.4 Å². The Balaban J connectivity index is 0.00000242. The van der Waals surface area contributed by atoms with Crippen LogP contribution in [-0.2, 0) is 11.8 Å². The second-order valence-corrected chi connectivity index (χ2v) is 6.02. The summed E-state index contributed by atoms with van der Waals surface area (Å²) in [5.74, 6) is 1.35. The van der Waals surface area contributed by atoms with Crippen LogP contribution in [0.2, 0.25) is 0 Å². The van der Waals surface area contributed by atoms with Gasteiger partial charge < -0.3 is 15.4 Å². The van der Waals surface area contributed by atoms with Crippen molar-refractivity contribution in [3.8, 4) is 5.75 Å². The lowest BCUT2D eigenvalue weighted by Gasteiger charge is -2.37. The van der Waals surface area contributed by atoms with Gasteiger partial charge in [0.1, 0.15) is 5.69 Å². The minimum absolute atomic E-state index is 0. The van der Waals surface area contributed by atoms with Crippen LogP contribution in [0.4, 0.5) is 0 Å². The number of carbonyl (C=O) groups excluding carboxylic acids is 1. The average molecular weight is 331 g/mol. The Kier molecular flexibility index (Phi) is 6.68. The first-order valence-corrected chi connectivity index (χ1v) is 7.56. The van der Waals surface area contributed by atoms with Crippen LogP contribution in [0.3, 0.4) is 0 Å². The molecule has 1 aliphatic heterocycles. The quantitative estimate of drug-likeness (QED) is 0.906.